The highest BCUT2D eigenvalue weighted by molar-refractivity contribution is 5.76. The summed E-state index contributed by atoms with van der Waals surface area (Å²) in [4.78, 5) is 1.58. The summed E-state index contributed by atoms with van der Waals surface area (Å²) >= 11 is 0. The van der Waals surface area contributed by atoms with Crippen molar-refractivity contribution in [2.24, 2.45) is 0 Å². The highest BCUT2D eigenvalue weighted by atomic mass is 16.5. The fourth-order valence-corrected chi connectivity index (χ4v) is 2.67. The quantitative estimate of drug-likeness (QED) is 0.544. The molecule has 0 unspecified atom stereocenters. The Morgan fingerprint density at radius 3 is 2.28 bits per heavy atom. The molecule has 0 amide bonds. The van der Waals surface area contributed by atoms with E-state index >= 15 is 0 Å². The van der Waals surface area contributed by atoms with Crippen molar-refractivity contribution in [2.75, 3.05) is 7.11 Å². The molecule has 1 heterocycles. The van der Waals surface area contributed by atoms with Gasteiger partial charge in [0, 0.05) is 6.07 Å². The Morgan fingerprint density at radius 2 is 1.52 bits per heavy atom. The predicted octanol–water partition coefficient (Wildman–Crippen LogP) is 4.73. The maximum Gasteiger partial charge on any atom is 0.121 e. The van der Waals surface area contributed by atoms with Crippen LogP contribution >= 0.6 is 0 Å². The number of ether oxygens (including phenoxy) is 1. The molecule has 0 N–H and O–H groups in total. The number of hydrogen-bond acceptors (Lipinski definition) is 3. The standard InChI is InChI=1S/C21H17N3O/c1-25-19-11-12-20-21(15-19)23-24(22-20)14-13-16-7-9-18(10-8-16)17-5-3-2-4-6-17/h2-15H,1H3/b14-13+. The van der Waals surface area contributed by atoms with Crippen LogP contribution in [0.2, 0.25) is 0 Å². The van der Waals surface area contributed by atoms with Gasteiger partial charge in [-0.05, 0) is 34.9 Å². The van der Waals surface area contributed by atoms with Gasteiger partial charge in [0.05, 0.1) is 13.3 Å². The van der Waals surface area contributed by atoms with Crippen molar-refractivity contribution in [2.45, 2.75) is 0 Å². The number of aromatic nitrogens is 3. The topological polar surface area (TPSA) is 39.9 Å². The Morgan fingerprint density at radius 1 is 0.800 bits per heavy atom. The van der Waals surface area contributed by atoms with Crippen molar-refractivity contribution in [1.82, 2.24) is 15.0 Å². The molecule has 4 nitrogen and oxygen atoms in total. The van der Waals surface area contributed by atoms with Crippen LogP contribution in [0.5, 0.6) is 5.75 Å². The van der Waals surface area contributed by atoms with E-state index in [1.165, 1.54) is 11.1 Å². The molecule has 4 rings (SSSR count). The molecule has 0 radical (unpaired) electrons. The first-order valence-electron chi connectivity index (χ1n) is 8.06. The van der Waals surface area contributed by atoms with Crippen LogP contribution in [-0.2, 0) is 0 Å². The van der Waals surface area contributed by atoms with Crippen LogP contribution in [0.3, 0.4) is 0 Å². The van der Waals surface area contributed by atoms with Gasteiger partial charge in [0.15, 0.2) is 0 Å². The van der Waals surface area contributed by atoms with Gasteiger partial charge < -0.3 is 4.74 Å². The fraction of sp³-hybridized carbons (Fsp3) is 0.0476. The average Bonchev–Trinajstić information content (AvgIpc) is 3.09. The van der Waals surface area contributed by atoms with Crippen molar-refractivity contribution in [1.29, 1.82) is 0 Å². The predicted molar refractivity (Wildman–Crippen MR) is 101 cm³/mol. The van der Waals surface area contributed by atoms with E-state index in [1.807, 2.05) is 48.7 Å². The molecule has 0 aliphatic rings. The molecule has 0 aliphatic heterocycles. The Labute approximate surface area is 146 Å². The molecule has 0 saturated carbocycles. The summed E-state index contributed by atoms with van der Waals surface area (Å²) in [5.41, 5.74) is 5.16. The maximum atomic E-state index is 5.21. The summed E-state index contributed by atoms with van der Waals surface area (Å²) in [6.45, 7) is 0. The molecular weight excluding hydrogens is 310 g/mol. The van der Waals surface area contributed by atoms with Crippen LogP contribution in [0.15, 0.2) is 72.8 Å². The monoisotopic (exact) mass is 327 g/mol. The molecular formula is C21H17N3O. The van der Waals surface area contributed by atoms with Gasteiger partial charge in [0.2, 0.25) is 0 Å². The minimum Gasteiger partial charge on any atom is -0.497 e. The average molecular weight is 327 g/mol. The van der Waals surface area contributed by atoms with Gasteiger partial charge in [-0.15, -0.1) is 10.2 Å². The first-order chi connectivity index (χ1) is 12.3. The van der Waals surface area contributed by atoms with Gasteiger partial charge in [0.1, 0.15) is 16.8 Å². The number of fused-ring (bicyclic) bond motifs is 1. The number of nitrogens with zero attached hydrogens (tertiary/aromatic N) is 3. The molecule has 3 aromatic carbocycles. The van der Waals surface area contributed by atoms with E-state index in [0.717, 1.165) is 22.3 Å². The minimum absolute atomic E-state index is 0.778. The first-order valence-corrected chi connectivity index (χ1v) is 8.06. The van der Waals surface area contributed by atoms with Gasteiger partial charge in [-0.1, -0.05) is 54.6 Å². The van der Waals surface area contributed by atoms with E-state index in [2.05, 4.69) is 46.6 Å². The lowest BCUT2D eigenvalue weighted by atomic mass is 10.0. The first kappa shape index (κ1) is 15.1. The van der Waals surface area contributed by atoms with E-state index in [9.17, 15) is 0 Å². The lowest BCUT2D eigenvalue weighted by Gasteiger charge is -2.01. The molecule has 122 valence electrons. The van der Waals surface area contributed by atoms with Gasteiger partial charge in [-0.3, -0.25) is 0 Å². The van der Waals surface area contributed by atoms with Crippen LogP contribution in [0, 0.1) is 0 Å². The summed E-state index contributed by atoms with van der Waals surface area (Å²) < 4.78 is 5.21. The zero-order chi connectivity index (χ0) is 17.1. The van der Waals surface area contributed by atoms with Crippen LogP contribution in [0.1, 0.15) is 5.56 Å². The van der Waals surface area contributed by atoms with Gasteiger partial charge >= 0.3 is 0 Å². The van der Waals surface area contributed by atoms with E-state index < -0.39 is 0 Å². The molecule has 0 saturated heterocycles. The third-order valence-electron chi connectivity index (χ3n) is 4.02. The third-order valence-corrected chi connectivity index (χ3v) is 4.02. The van der Waals surface area contributed by atoms with Gasteiger partial charge in [-0.25, -0.2) is 0 Å². The zero-order valence-electron chi connectivity index (χ0n) is 13.8. The largest absolute Gasteiger partial charge is 0.497 e. The van der Waals surface area contributed by atoms with Gasteiger partial charge in [-0.2, -0.15) is 4.80 Å². The Balaban J connectivity index is 1.55. The normalized spacial score (nSPS) is 11.2. The highest BCUT2D eigenvalue weighted by Gasteiger charge is 2.02. The fourth-order valence-electron chi connectivity index (χ4n) is 2.67. The van der Waals surface area contributed by atoms with E-state index in [1.54, 1.807) is 11.9 Å². The highest BCUT2D eigenvalue weighted by Crippen LogP contribution is 2.20. The summed E-state index contributed by atoms with van der Waals surface area (Å²) in [6, 6.07) is 24.4. The Hall–Kier alpha value is -3.40. The lowest BCUT2D eigenvalue weighted by Crippen LogP contribution is -1.90. The lowest BCUT2D eigenvalue weighted by molar-refractivity contribution is 0.415. The molecule has 0 fully saturated rings. The van der Waals surface area contributed by atoms with Crippen LogP contribution in [0.4, 0.5) is 0 Å². The summed E-state index contributed by atoms with van der Waals surface area (Å²) in [6.07, 6.45) is 3.84. The van der Waals surface area contributed by atoms with Crippen molar-refractivity contribution < 1.29 is 4.74 Å². The van der Waals surface area contributed by atoms with E-state index in [4.69, 9.17) is 4.74 Å². The molecule has 0 atom stereocenters. The van der Waals surface area contributed by atoms with Crippen LogP contribution in [-0.4, -0.2) is 22.1 Å². The molecule has 0 aliphatic carbocycles. The number of benzene rings is 3. The molecule has 4 aromatic rings. The molecule has 0 spiro atoms. The second-order valence-corrected chi connectivity index (χ2v) is 5.68. The van der Waals surface area contributed by atoms with Crippen LogP contribution in [0.25, 0.3) is 34.4 Å². The van der Waals surface area contributed by atoms with Crippen molar-refractivity contribution in [3.05, 3.63) is 78.4 Å². The summed E-state index contributed by atoms with van der Waals surface area (Å²) in [7, 11) is 1.64. The number of rotatable bonds is 4. The second kappa shape index (κ2) is 6.61. The van der Waals surface area contributed by atoms with Crippen molar-refractivity contribution in [3.8, 4) is 16.9 Å². The third kappa shape index (κ3) is 3.28. The van der Waals surface area contributed by atoms with Gasteiger partial charge in [0.25, 0.3) is 0 Å². The van der Waals surface area contributed by atoms with E-state index in [-0.39, 0.29) is 0 Å². The minimum atomic E-state index is 0.778. The Bertz CT molecular complexity index is 1020. The SMILES string of the molecule is COc1ccc2nn(/C=C/c3ccc(-c4ccccc4)cc3)nc2c1. The second-order valence-electron chi connectivity index (χ2n) is 5.68. The molecule has 0 bridgehead atoms. The van der Waals surface area contributed by atoms with E-state index in [0.29, 0.717) is 0 Å². The van der Waals surface area contributed by atoms with Crippen molar-refractivity contribution >= 4 is 23.3 Å². The van der Waals surface area contributed by atoms with Crippen LogP contribution < -0.4 is 4.74 Å². The molecule has 1 aromatic heterocycles. The number of methoxy groups -OCH3 is 1. The zero-order valence-corrected chi connectivity index (χ0v) is 13.8. The maximum absolute atomic E-state index is 5.21. The summed E-state index contributed by atoms with van der Waals surface area (Å²) in [5.74, 6) is 0.778. The summed E-state index contributed by atoms with van der Waals surface area (Å²) in [5, 5.41) is 8.87. The number of hydrogen-bond donors (Lipinski definition) is 0. The van der Waals surface area contributed by atoms with Crippen molar-refractivity contribution in [3.63, 3.8) is 0 Å². The molecule has 4 heteroatoms. The smallest absolute Gasteiger partial charge is 0.121 e. The Kier molecular flexibility index (Phi) is 4.01. The molecule has 25 heavy (non-hydrogen) atoms.